The van der Waals surface area contributed by atoms with Gasteiger partial charge in [0, 0.05) is 6.20 Å². The number of carbonyl (C=O) groups is 1. The van der Waals surface area contributed by atoms with Gasteiger partial charge in [-0.25, -0.2) is 9.78 Å². The number of H-pyrrole nitrogens is 1. The van der Waals surface area contributed by atoms with Crippen molar-refractivity contribution in [3.8, 4) is 11.5 Å². The van der Waals surface area contributed by atoms with Gasteiger partial charge in [0.05, 0.1) is 12.8 Å². The van der Waals surface area contributed by atoms with Gasteiger partial charge in [-0.1, -0.05) is 6.07 Å². The molecule has 1 N–H and O–H groups in total. The number of carbonyl (C=O) groups excluding carboxylic acids is 1. The molecule has 0 aliphatic heterocycles. The highest BCUT2D eigenvalue weighted by molar-refractivity contribution is 5.87. The molecule has 2 aromatic heterocycles. The predicted molar refractivity (Wildman–Crippen MR) is 62.5 cm³/mol. The van der Waals surface area contributed by atoms with Crippen molar-refractivity contribution in [2.75, 3.05) is 6.61 Å². The van der Waals surface area contributed by atoms with Crippen molar-refractivity contribution >= 4 is 5.97 Å². The molecule has 2 rings (SSSR count). The van der Waals surface area contributed by atoms with Crippen LogP contribution < -0.4 is 0 Å². The van der Waals surface area contributed by atoms with Gasteiger partial charge >= 0.3 is 5.97 Å². The van der Waals surface area contributed by atoms with Crippen LogP contribution in [-0.4, -0.2) is 27.5 Å². The molecule has 0 fully saturated rings. The van der Waals surface area contributed by atoms with E-state index in [2.05, 4.69) is 15.0 Å². The first kappa shape index (κ1) is 11.3. The summed E-state index contributed by atoms with van der Waals surface area (Å²) in [6.45, 7) is 4.04. The lowest BCUT2D eigenvalue weighted by atomic mass is 10.2. The number of hydrogen-bond donors (Lipinski definition) is 1. The van der Waals surface area contributed by atoms with Gasteiger partial charge in [0.15, 0.2) is 5.82 Å². The minimum absolute atomic E-state index is 0.340. The number of pyridine rings is 1. The van der Waals surface area contributed by atoms with Crippen molar-refractivity contribution in [1.82, 2.24) is 15.0 Å². The number of ether oxygens (including phenoxy) is 1. The Morgan fingerprint density at radius 1 is 1.47 bits per heavy atom. The second kappa shape index (κ2) is 4.78. The van der Waals surface area contributed by atoms with Gasteiger partial charge in [-0.15, -0.1) is 0 Å². The lowest BCUT2D eigenvalue weighted by molar-refractivity contribution is 0.0520. The quantitative estimate of drug-likeness (QED) is 0.820. The molecule has 0 aliphatic rings. The molecule has 5 heteroatoms. The Labute approximate surface area is 98.9 Å². The number of nitrogens with one attached hydrogen (secondary N) is 1. The highest BCUT2D eigenvalue weighted by Crippen LogP contribution is 2.16. The molecule has 0 aliphatic carbocycles. The molecule has 0 amide bonds. The third kappa shape index (κ3) is 2.33. The first-order valence-corrected chi connectivity index (χ1v) is 5.36. The molecule has 0 radical (unpaired) electrons. The van der Waals surface area contributed by atoms with Crippen LogP contribution in [0.2, 0.25) is 0 Å². The van der Waals surface area contributed by atoms with Gasteiger partial charge in [0.25, 0.3) is 0 Å². The smallest absolute Gasteiger partial charge is 0.356 e. The Morgan fingerprint density at radius 3 is 3.00 bits per heavy atom. The number of rotatable bonds is 3. The molecular weight excluding hydrogens is 218 g/mol. The van der Waals surface area contributed by atoms with E-state index < -0.39 is 5.97 Å². The summed E-state index contributed by atoms with van der Waals surface area (Å²) in [4.78, 5) is 22.7. The maximum atomic E-state index is 11.5. The van der Waals surface area contributed by atoms with Crippen molar-refractivity contribution in [2.24, 2.45) is 0 Å². The van der Waals surface area contributed by atoms with Crippen LogP contribution in [0.3, 0.4) is 0 Å². The van der Waals surface area contributed by atoms with Gasteiger partial charge in [-0.3, -0.25) is 4.98 Å². The van der Waals surface area contributed by atoms with Crippen molar-refractivity contribution in [3.05, 3.63) is 35.8 Å². The summed E-state index contributed by atoms with van der Waals surface area (Å²) >= 11 is 0. The van der Waals surface area contributed by atoms with Crippen molar-refractivity contribution in [1.29, 1.82) is 0 Å². The van der Waals surface area contributed by atoms with E-state index in [1.54, 1.807) is 13.1 Å². The number of nitrogens with zero attached hydrogens (tertiary/aromatic N) is 2. The molecule has 5 nitrogen and oxygen atoms in total. The maximum absolute atomic E-state index is 11.5. The molecule has 0 saturated carbocycles. The van der Waals surface area contributed by atoms with Crippen LogP contribution in [0, 0.1) is 6.92 Å². The summed E-state index contributed by atoms with van der Waals surface area (Å²) in [5.74, 6) is 0.172. The molecule has 0 atom stereocenters. The van der Waals surface area contributed by atoms with E-state index in [0.717, 1.165) is 11.3 Å². The van der Waals surface area contributed by atoms with Crippen LogP contribution in [0.1, 0.15) is 23.0 Å². The number of aryl methyl sites for hydroxylation is 1. The highest BCUT2D eigenvalue weighted by Gasteiger charge is 2.12. The number of aromatic nitrogens is 3. The molecule has 0 bridgehead atoms. The van der Waals surface area contributed by atoms with E-state index in [1.165, 1.54) is 6.20 Å². The standard InChI is InChI=1S/C12H13N3O2/c1-3-17-12(16)9-7-14-11(15-9)10-8(2)5-4-6-13-10/h4-7H,3H2,1-2H3,(H,14,15). The zero-order valence-corrected chi connectivity index (χ0v) is 9.73. The first-order chi connectivity index (χ1) is 8.22. The molecule has 0 saturated heterocycles. The number of esters is 1. The van der Waals surface area contributed by atoms with E-state index in [0.29, 0.717) is 18.1 Å². The summed E-state index contributed by atoms with van der Waals surface area (Å²) in [6.07, 6.45) is 3.15. The summed E-state index contributed by atoms with van der Waals surface area (Å²) in [5.41, 5.74) is 2.08. The largest absolute Gasteiger partial charge is 0.461 e. The van der Waals surface area contributed by atoms with E-state index in [4.69, 9.17) is 4.74 Å². The summed E-state index contributed by atoms with van der Waals surface area (Å²) in [5, 5.41) is 0. The highest BCUT2D eigenvalue weighted by atomic mass is 16.5. The molecule has 17 heavy (non-hydrogen) atoms. The number of aromatic amines is 1. The Hall–Kier alpha value is -2.17. The lowest BCUT2D eigenvalue weighted by Gasteiger charge is -2.00. The summed E-state index contributed by atoms with van der Waals surface area (Å²) < 4.78 is 4.88. The summed E-state index contributed by atoms with van der Waals surface area (Å²) in [6, 6.07) is 3.79. The van der Waals surface area contributed by atoms with Gasteiger partial charge in [0.2, 0.25) is 0 Å². The topological polar surface area (TPSA) is 67.9 Å². The third-order valence-electron chi connectivity index (χ3n) is 2.30. The van der Waals surface area contributed by atoms with Crippen LogP contribution in [0.15, 0.2) is 24.5 Å². The van der Waals surface area contributed by atoms with Gasteiger partial charge in [-0.05, 0) is 25.5 Å². The zero-order chi connectivity index (χ0) is 12.3. The van der Waals surface area contributed by atoms with Crippen LogP contribution in [0.25, 0.3) is 11.5 Å². The Bertz CT molecular complexity index is 534. The second-order valence-corrected chi connectivity index (χ2v) is 3.53. The van der Waals surface area contributed by atoms with E-state index in [-0.39, 0.29) is 0 Å². The zero-order valence-electron chi connectivity index (χ0n) is 9.73. The van der Waals surface area contributed by atoms with E-state index in [1.807, 2.05) is 19.1 Å². The first-order valence-electron chi connectivity index (χ1n) is 5.36. The van der Waals surface area contributed by atoms with E-state index >= 15 is 0 Å². The Balaban J connectivity index is 2.30. The Morgan fingerprint density at radius 2 is 2.29 bits per heavy atom. The van der Waals surface area contributed by atoms with Crippen molar-refractivity contribution in [3.63, 3.8) is 0 Å². The minimum atomic E-state index is -0.403. The normalized spacial score (nSPS) is 10.2. The molecule has 0 spiro atoms. The molecule has 88 valence electrons. The lowest BCUT2D eigenvalue weighted by Crippen LogP contribution is -2.04. The van der Waals surface area contributed by atoms with Crippen LogP contribution in [-0.2, 0) is 4.74 Å². The maximum Gasteiger partial charge on any atom is 0.356 e. The molecule has 0 aromatic carbocycles. The van der Waals surface area contributed by atoms with Gasteiger partial charge in [0.1, 0.15) is 11.4 Å². The van der Waals surface area contributed by atoms with Crippen LogP contribution >= 0.6 is 0 Å². The fraction of sp³-hybridized carbons (Fsp3) is 0.250. The fourth-order valence-electron chi connectivity index (χ4n) is 1.49. The molecule has 0 unspecified atom stereocenters. The predicted octanol–water partition coefficient (Wildman–Crippen LogP) is 1.96. The van der Waals surface area contributed by atoms with Crippen LogP contribution in [0.4, 0.5) is 0 Å². The molecular formula is C12H13N3O2. The monoisotopic (exact) mass is 231 g/mol. The third-order valence-corrected chi connectivity index (χ3v) is 2.30. The molecule has 2 aromatic rings. The van der Waals surface area contributed by atoms with Crippen molar-refractivity contribution < 1.29 is 9.53 Å². The van der Waals surface area contributed by atoms with E-state index in [9.17, 15) is 4.79 Å². The van der Waals surface area contributed by atoms with Gasteiger partial charge in [-0.2, -0.15) is 0 Å². The Kier molecular flexibility index (Phi) is 3.18. The SMILES string of the molecule is CCOC(=O)c1cnc(-c2ncccc2C)[nH]1. The summed E-state index contributed by atoms with van der Waals surface area (Å²) in [7, 11) is 0. The average molecular weight is 231 g/mol. The average Bonchev–Trinajstić information content (AvgIpc) is 2.79. The van der Waals surface area contributed by atoms with Gasteiger partial charge < -0.3 is 9.72 Å². The number of imidazole rings is 1. The fourth-order valence-corrected chi connectivity index (χ4v) is 1.49. The second-order valence-electron chi connectivity index (χ2n) is 3.53. The van der Waals surface area contributed by atoms with Crippen molar-refractivity contribution in [2.45, 2.75) is 13.8 Å². The minimum Gasteiger partial charge on any atom is -0.461 e. The molecule has 2 heterocycles. The van der Waals surface area contributed by atoms with Crippen LogP contribution in [0.5, 0.6) is 0 Å². The number of hydrogen-bond acceptors (Lipinski definition) is 4.